The predicted molar refractivity (Wildman–Crippen MR) is 150 cm³/mol. The van der Waals surface area contributed by atoms with Crippen LogP contribution in [0.5, 0.6) is 11.6 Å². The molecule has 4 heterocycles. The van der Waals surface area contributed by atoms with Gasteiger partial charge in [0.05, 0.1) is 52.3 Å². The number of piperidine rings is 1. The molecule has 8 nitrogen and oxygen atoms in total. The number of anilines is 2. The van der Waals surface area contributed by atoms with Gasteiger partial charge in [-0.1, -0.05) is 0 Å². The second-order valence-electron chi connectivity index (χ2n) is 11.0. The van der Waals surface area contributed by atoms with Crippen LogP contribution in [0.4, 0.5) is 15.8 Å². The molecule has 39 heavy (non-hydrogen) atoms. The summed E-state index contributed by atoms with van der Waals surface area (Å²) in [7, 11) is 3.99. The Morgan fingerprint density at radius 2 is 2.05 bits per heavy atom. The molecule has 0 amide bonds. The third-order valence-corrected chi connectivity index (χ3v) is 8.79. The molecule has 1 spiro atoms. The summed E-state index contributed by atoms with van der Waals surface area (Å²) in [6.07, 6.45) is 9.44. The smallest absolute Gasteiger partial charge is 0.213 e. The van der Waals surface area contributed by atoms with Crippen molar-refractivity contribution in [3.63, 3.8) is 0 Å². The van der Waals surface area contributed by atoms with E-state index in [9.17, 15) is 0 Å². The van der Waals surface area contributed by atoms with Gasteiger partial charge >= 0.3 is 0 Å². The van der Waals surface area contributed by atoms with Gasteiger partial charge in [-0.05, 0) is 57.7 Å². The fourth-order valence-corrected chi connectivity index (χ4v) is 6.19. The first-order valence-electron chi connectivity index (χ1n) is 13.9. The predicted octanol–water partition coefficient (Wildman–Crippen LogP) is 5.23. The van der Waals surface area contributed by atoms with Crippen molar-refractivity contribution < 1.29 is 13.9 Å². The first kappa shape index (κ1) is 25.6. The molecule has 1 N–H and O–H groups in total. The van der Waals surface area contributed by atoms with Crippen molar-refractivity contribution in [2.75, 3.05) is 57.2 Å². The molecule has 0 atom stereocenters. The maximum absolute atomic E-state index is 15.7. The van der Waals surface area contributed by atoms with Gasteiger partial charge in [0.25, 0.3) is 0 Å². The molecule has 0 unspecified atom stereocenters. The summed E-state index contributed by atoms with van der Waals surface area (Å²) in [6.45, 7) is 3.93. The number of pyridine rings is 2. The molecule has 3 aliphatic rings. The van der Waals surface area contributed by atoms with Gasteiger partial charge < -0.3 is 24.6 Å². The Morgan fingerprint density at radius 3 is 2.72 bits per heavy atom. The lowest BCUT2D eigenvalue weighted by molar-refractivity contribution is 0.141. The minimum atomic E-state index is -0.379. The minimum absolute atomic E-state index is 0.103. The molecule has 1 saturated carbocycles. The molecular formula is C30H35FN6O2. The van der Waals surface area contributed by atoms with E-state index in [0.717, 1.165) is 74.9 Å². The molecule has 0 radical (unpaired) electrons. The van der Waals surface area contributed by atoms with Crippen molar-refractivity contribution in [1.29, 1.82) is 5.26 Å². The molecule has 9 heteroatoms. The maximum atomic E-state index is 15.7. The van der Waals surface area contributed by atoms with Gasteiger partial charge in [0.1, 0.15) is 18.2 Å². The number of benzene rings is 1. The van der Waals surface area contributed by atoms with Crippen molar-refractivity contribution in [3.05, 3.63) is 36.4 Å². The topological polar surface area (TPSA) is 86.5 Å². The van der Waals surface area contributed by atoms with Crippen molar-refractivity contribution in [1.82, 2.24) is 14.9 Å². The Kier molecular flexibility index (Phi) is 6.90. The molecule has 1 aromatic carbocycles. The summed E-state index contributed by atoms with van der Waals surface area (Å²) in [6, 6.07) is 7.52. The van der Waals surface area contributed by atoms with Crippen molar-refractivity contribution in [3.8, 4) is 28.8 Å². The van der Waals surface area contributed by atoms with Crippen LogP contribution in [0.15, 0.2) is 30.6 Å². The standard InChI is InChI=1S/C30H35FN6O2/c1-33-24-18-34-23-15-22(31)26(29-27(23)28(24)36(2)30(19-39-29)9-3-10-30)21-5-6-25(35-17-21)38-14-4-11-37-12-7-20(16-32)8-13-37/h5-6,15,17-18,20,33H,3-4,7-14,19H2,1-2H3. The Bertz CT molecular complexity index is 1390. The van der Waals surface area contributed by atoms with E-state index in [4.69, 9.17) is 14.7 Å². The van der Waals surface area contributed by atoms with Crippen LogP contribution in [0.2, 0.25) is 0 Å². The molecule has 204 valence electrons. The molecule has 1 aliphatic carbocycles. The monoisotopic (exact) mass is 530 g/mol. The zero-order valence-electron chi connectivity index (χ0n) is 22.7. The Morgan fingerprint density at radius 1 is 1.23 bits per heavy atom. The van der Waals surface area contributed by atoms with Crippen molar-refractivity contribution >= 4 is 22.3 Å². The second kappa shape index (κ2) is 10.5. The quantitative estimate of drug-likeness (QED) is 0.416. The zero-order chi connectivity index (χ0) is 27.0. The average Bonchev–Trinajstić information content (AvgIpc) is 3.08. The van der Waals surface area contributed by atoms with Crippen molar-refractivity contribution in [2.24, 2.45) is 5.92 Å². The fourth-order valence-electron chi connectivity index (χ4n) is 6.19. The van der Waals surface area contributed by atoms with E-state index in [1.54, 1.807) is 18.5 Å². The van der Waals surface area contributed by atoms with Crippen LogP contribution < -0.4 is 19.7 Å². The van der Waals surface area contributed by atoms with Gasteiger partial charge in [0, 0.05) is 50.5 Å². The molecule has 2 fully saturated rings. The molecule has 6 rings (SSSR count). The number of hydrogen-bond acceptors (Lipinski definition) is 8. The molecule has 3 aromatic rings. The summed E-state index contributed by atoms with van der Waals surface area (Å²) in [5.74, 6) is 0.861. The van der Waals surface area contributed by atoms with Gasteiger partial charge in [-0.3, -0.25) is 4.98 Å². The highest BCUT2D eigenvalue weighted by molar-refractivity contribution is 6.06. The first-order valence-corrected chi connectivity index (χ1v) is 13.9. The van der Waals surface area contributed by atoms with E-state index in [-0.39, 0.29) is 17.3 Å². The number of hydrogen-bond donors (Lipinski definition) is 1. The molecule has 2 aliphatic heterocycles. The lowest BCUT2D eigenvalue weighted by Gasteiger charge is -2.48. The Hall–Kier alpha value is -3.64. The summed E-state index contributed by atoms with van der Waals surface area (Å²) >= 11 is 0. The lowest BCUT2D eigenvalue weighted by Crippen LogP contribution is -2.55. The second-order valence-corrected chi connectivity index (χ2v) is 11.0. The third-order valence-electron chi connectivity index (χ3n) is 8.79. The van der Waals surface area contributed by atoms with Crippen LogP contribution in [-0.2, 0) is 0 Å². The lowest BCUT2D eigenvalue weighted by atomic mass is 9.76. The normalized spacial score (nSPS) is 18.8. The summed E-state index contributed by atoms with van der Waals surface area (Å²) in [5.41, 5.74) is 3.42. The van der Waals surface area contributed by atoms with Crippen molar-refractivity contribution in [2.45, 2.75) is 44.1 Å². The molecule has 2 aromatic heterocycles. The van der Waals surface area contributed by atoms with Crippen LogP contribution in [0.1, 0.15) is 38.5 Å². The molecule has 0 bridgehead atoms. The van der Waals surface area contributed by atoms with Crippen LogP contribution in [0.3, 0.4) is 0 Å². The number of likely N-dealkylation sites (N-methyl/N-ethyl adjacent to an activating group) is 1. The van der Waals surface area contributed by atoms with E-state index < -0.39 is 0 Å². The van der Waals surface area contributed by atoms with E-state index in [2.05, 4.69) is 38.2 Å². The molecular weight excluding hydrogens is 495 g/mol. The fraction of sp³-hybridized carbons (Fsp3) is 0.500. The maximum Gasteiger partial charge on any atom is 0.213 e. The largest absolute Gasteiger partial charge is 0.490 e. The number of ether oxygens (including phenoxy) is 2. The summed E-state index contributed by atoms with van der Waals surface area (Å²) in [5, 5.41) is 13.2. The number of nitrogens with zero attached hydrogens (tertiary/aromatic N) is 5. The van der Waals surface area contributed by atoms with E-state index in [0.29, 0.717) is 41.5 Å². The highest BCUT2D eigenvalue weighted by Crippen LogP contribution is 2.52. The van der Waals surface area contributed by atoms with Gasteiger partial charge in [0.15, 0.2) is 0 Å². The first-order chi connectivity index (χ1) is 19.0. The number of nitrogens with one attached hydrogen (secondary N) is 1. The van der Waals surface area contributed by atoms with Crippen LogP contribution in [0.25, 0.3) is 22.0 Å². The van der Waals surface area contributed by atoms with E-state index >= 15 is 4.39 Å². The van der Waals surface area contributed by atoms with Gasteiger partial charge in [-0.15, -0.1) is 0 Å². The van der Waals surface area contributed by atoms with Crippen LogP contribution >= 0.6 is 0 Å². The third kappa shape index (κ3) is 4.61. The van der Waals surface area contributed by atoms with E-state index in [1.807, 2.05) is 13.1 Å². The number of nitriles is 1. The number of likely N-dealkylation sites (tertiary alicyclic amines) is 1. The Labute approximate surface area is 228 Å². The average molecular weight is 531 g/mol. The summed E-state index contributed by atoms with van der Waals surface area (Å²) < 4.78 is 28.0. The Balaban J connectivity index is 1.22. The highest BCUT2D eigenvalue weighted by atomic mass is 19.1. The number of rotatable bonds is 7. The van der Waals surface area contributed by atoms with Crippen LogP contribution in [-0.4, -0.2) is 67.4 Å². The van der Waals surface area contributed by atoms with Gasteiger partial charge in [0.2, 0.25) is 5.88 Å². The van der Waals surface area contributed by atoms with Gasteiger partial charge in [-0.2, -0.15) is 5.26 Å². The minimum Gasteiger partial charge on any atom is -0.490 e. The van der Waals surface area contributed by atoms with Gasteiger partial charge in [-0.25, -0.2) is 9.37 Å². The molecule has 1 saturated heterocycles. The zero-order valence-corrected chi connectivity index (χ0v) is 22.7. The summed E-state index contributed by atoms with van der Waals surface area (Å²) in [4.78, 5) is 13.7. The van der Waals surface area contributed by atoms with E-state index in [1.165, 1.54) is 6.07 Å². The highest BCUT2D eigenvalue weighted by Gasteiger charge is 2.45. The van der Waals surface area contributed by atoms with Crippen LogP contribution in [0, 0.1) is 23.1 Å². The SMILES string of the molecule is CNc1cnc2cc(F)c(-c3ccc(OCCCN4CCC(C#N)CC4)nc3)c3c2c1N(C)C1(CCC1)CO3. The number of aromatic nitrogens is 2. The number of halogens is 1.